The molecule has 0 saturated carbocycles. The van der Waals surface area contributed by atoms with Crippen molar-refractivity contribution >= 4 is 28.8 Å². The molecular formula is C10H14ClN3O2S. The predicted molar refractivity (Wildman–Crippen MR) is 65.5 cm³/mol. The maximum Gasteiger partial charge on any atom is 0.284 e. The van der Waals surface area contributed by atoms with Gasteiger partial charge >= 0.3 is 0 Å². The molecule has 2 rings (SSSR count). The SMILES string of the molecule is CCOC1CCN(C(=O)c2nnc(Cl)s2)CC1. The number of piperidine rings is 1. The van der Waals surface area contributed by atoms with Gasteiger partial charge in [0, 0.05) is 19.7 Å². The van der Waals surface area contributed by atoms with Crippen LogP contribution < -0.4 is 0 Å². The van der Waals surface area contributed by atoms with Crippen LogP contribution in [0.5, 0.6) is 0 Å². The van der Waals surface area contributed by atoms with Gasteiger partial charge in [-0.25, -0.2) is 0 Å². The molecule has 94 valence electrons. The van der Waals surface area contributed by atoms with Gasteiger partial charge in [-0.15, -0.1) is 10.2 Å². The molecule has 1 amide bonds. The van der Waals surface area contributed by atoms with Crippen molar-refractivity contribution in [1.29, 1.82) is 0 Å². The molecule has 1 aromatic heterocycles. The van der Waals surface area contributed by atoms with E-state index in [2.05, 4.69) is 10.2 Å². The Kier molecular flexibility index (Phi) is 4.31. The number of halogens is 1. The molecule has 0 unspecified atom stereocenters. The highest BCUT2D eigenvalue weighted by Crippen LogP contribution is 2.20. The fourth-order valence-electron chi connectivity index (χ4n) is 1.89. The molecule has 1 saturated heterocycles. The number of carbonyl (C=O) groups excluding carboxylic acids is 1. The molecule has 1 fully saturated rings. The van der Waals surface area contributed by atoms with Gasteiger partial charge in [0.25, 0.3) is 5.91 Å². The lowest BCUT2D eigenvalue weighted by atomic mass is 10.1. The Labute approximate surface area is 109 Å². The second kappa shape index (κ2) is 5.75. The van der Waals surface area contributed by atoms with Crippen molar-refractivity contribution in [3.05, 3.63) is 9.47 Å². The van der Waals surface area contributed by atoms with Gasteiger partial charge in [0.1, 0.15) is 0 Å². The van der Waals surface area contributed by atoms with Crippen LogP contribution in [0.15, 0.2) is 0 Å². The van der Waals surface area contributed by atoms with E-state index in [1.807, 2.05) is 6.92 Å². The summed E-state index contributed by atoms with van der Waals surface area (Å²) in [6.07, 6.45) is 2.04. The zero-order valence-corrected chi connectivity index (χ0v) is 11.1. The van der Waals surface area contributed by atoms with Crippen molar-refractivity contribution in [3.8, 4) is 0 Å². The maximum atomic E-state index is 12.0. The van der Waals surface area contributed by atoms with Crippen LogP contribution in [0.2, 0.25) is 4.47 Å². The van der Waals surface area contributed by atoms with Crippen LogP contribution in [-0.4, -0.2) is 46.8 Å². The van der Waals surface area contributed by atoms with Crippen molar-refractivity contribution in [3.63, 3.8) is 0 Å². The molecule has 2 heterocycles. The number of hydrogen-bond donors (Lipinski definition) is 0. The van der Waals surface area contributed by atoms with Gasteiger partial charge in [-0.3, -0.25) is 4.79 Å². The molecule has 5 nitrogen and oxygen atoms in total. The molecule has 17 heavy (non-hydrogen) atoms. The van der Waals surface area contributed by atoms with Gasteiger partial charge in [-0.1, -0.05) is 11.3 Å². The summed E-state index contributed by atoms with van der Waals surface area (Å²) in [5.41, 5.74) is 0. The molecule has 0 radical (unpaired) electrons. The number of carbonyl (C=O) groups is 1. The van der Waals surface area contributed by atoms with E-state index in [1.54, 1.807) is 4.90 Å². The molecular weight excluding hydrogens is 262 g/mol. The topological polar surface area (TPSA) is 55.3 Å². The molecule has 1 aliphatic rings. The second-order valence-electron chi connectivity index (χ2n) is 3.81. The minimum Gasteiger partial charge on any atom is -0.378 e. The summed E-state index contributed by atoms with van der Waals surface area (Å²) in [6, 6.07) is 0. The number of amides is 1. The first kappa shape index (κ1) is 12.7. The third kappa shape index (κ3) is 3.14. The van der Waals surface area contributed by atoms with E-state index < -0.39 is 0 Å². The van der Waals surface area contributed by atoms with Gasteiger partial charge in [-0.2, -0.15) is 0 Å². The van der Waals surface area contributed by atoms with Crippen LogP contribution >= 0.6 is 22.9 Å². The van der Waals surface area contributed by atoms with Crippen LogP contribution in [0.25, 0.3) is 0 Å². The van der Waals surface area contributed by atoms with E-state index in [0.717, 1.165) is 30.8 Å². The quantitative estimate of drug-likeness (QED) is 0.845. The molecule has 0 aliphatic carbocycles. The number of aromatic nitrogens is 2. The summed E-state index contributed by atoms with van der Waals surface area (Å²) in [6.45, 7) is 4.13. The van der Waals surface area contributed by atoms with Crippen LogP contribution in [-0.2, 0) is 4.74 Å². The Morgan fingerprint density at radius 1 is 1.53 bits per heavy atom. The van der Waals surface area contributed by atoms with Crippen molar-refractivity contribution in [2.45, 2.75) is 25.9 Å². The van der Waals surface area contributed by atoms with Crippen molar-refractivity contribution in [1.82, 2.24) is 15.1 Å². The third-order valence-electron chi connectivity index (χ3n) is 2.71. The summed E-state index contributed by atoms with van der Waals surface area (Å²) in [4.78, 5) is 13.8. The number of hydrogen-bond acceptors (Lipinski definition) is 5. The minimum absolute atomic E-state index is 0.0793. The normalized spacial score (nSPS) is 17.4. The lowest BCUT2D eigenvalue weighted by Crippen LogP contribution is -2.40. The molecule has 7 heteroatoms. The zero-order valence-electron chi connectivity index (χ0n) is 9.56. The Balaban J connectivity index is 1.90. The molecule has 1 aromatic rings. The number of likely N-dealkylation sites (tertiary alicyclic amines) is 1. The number of nitrogens with zero attached hydrogens (tertiary/aromatic N) is 3. The second-order valence-corrected chi connectivity index (χ2v) is 5.37. The summed E-state index contributed by atoms with van der Waals surface area (Å²) < 4.78 is 5.84. The first-order chi connectivity index (χ1) is 8.20. The predicted octanol–water partition coefficient (Wildman–Crippen LogP) is 1.83. The van der Waals surface area contributed by atoms with Gasteiger partial charge in [0.15, 0.2) is 0 Å². The molecule has 0 bridgehead atoms. The lowest BCUT2D eigenvalue weighted by Gasteiger charge is -2.31. The van der Waals surface area contributed by atoms with Crippen LogP contribution in [0.4, 0.5) is 0 Å². The average Bonchev–Trinajstić information content (AvgIpc) is 2.76. The zero-order chi connectivity index (χ0) is 12.3. The van der Waals surface area contributed by atoms with Gasteiger partial charge in [0.05, 0.1) is 6.10 Å². The molecule has 0 aromatic carbocycles. The number of rotatable bonds is 3. The van der Waals surface area contributed by atoms with Crippen LogP contribution in [0.3, 0.4) is 0 Å². The van der Waals surface area contributed by atoms with Crippen LogP contribution in [0, 0.1) is 0 Å². The first-order valence-corrected chi connectivity index (χ1v) is 6.80. The van der Waals surface area contributed by atoms with Gasteiger partial charge in [0.2, 0.25) is 9.47 Å². The van der Waals surface area contributed by atoms with E-state index in [4.69, 9.17) is 16.3 Å². The Morgan fingerprint density at radius 2 is 2.24 bits per heavy atom. The van der Waals surface area contributed by atoms with Crippen molar-refractivity contribution in [2.24, 2.45) is 0 Å². The summed E-state index contributed by atoms with van der Waals surface area (Å²) in [7, 11) is 0. The fraction of sp³-hybridized carbons (Fsp3) is 0.700. The molecule has 0 spiro atoms. The molecule has 0 atom stereocenters. The van der Waals surface area contributed by atoms with E-state index in [9.17, 15) is 4.79 Å². The van der Waals surface area contributed by atoms with E-state index >= 15 is 0 Å². The third-order valence-corrected chi connectivity index (χ3v) is 3.72. The van der Waals surface area contributed by atoms with Crippen molar-refractivity contribution < 1.29 is 9.53 Å². The fourth-order valence-corrected chi connectivity index (χ4v) is 2.68. The first-order valence-electron chi connectivity index (χ1n) is 5.60. The average molecular weight is 276 g/mol. The standard InChI is InChI=1S/C10H14ClN3O2S/c1-2-16-7-3-5-14(6-4-7)9(15)8-12-13-10(11)17-8/h7H,2-6H2,1H3. The lowest BCUT2D eigenvalue weighted by molar-refractivity contribution is 0.0145. The molecule has 0 N–H and O–H groups in total. The molecule has 1 aliphatic heterocycles. The number of ether oxygens (including phenoxy) is 1. The van der Waals surface area contributed by atoms with Crippen molar-refractivity contribution in [2.75, 3.05) is 19.7 Å². The van der Waals surface area contributed by atoms with Gasteiger partial charge in [-0.05, 0) is 31.4 Å². The van der Waals surface area contributed by atoms with Gasteiger partial charge < -0.3 is 9.64 Å². The monoisotopic (exact) mass is 275 g/mol. The minimum atomic E-state index is -0.0793. The Hall–Kier alpha value is -0.720. The van der Waals surface area contributed by atoms with E-state index in [-0.39, 0.29) is 12.0 Å². The highest BCUT2D eigenvalue weighted by molar-refractivity contribution is 7.17. The van der Waals surface area contributed by atoms with Crippen LogP contribution in [0.1, 0.15) is 29.6 Å². The summed E-state index contributed by atoms with van der Waals surface area (Å²) >= 11 is 6.78. The van der Waals surface area contributed by atoms with E-state index in [0.29, 0.717) is 22.6 Å². The smallest absolute Gasteiger partial charge is 0.284 e. The largest absolute Gasteiger partial charge is 0.378 e. The Morgan fingerprint density at radius 3 is 2.76 bits per heavy atom. The van der Waals surface area contributed by atoms with E-state index in [1.165, 1.54) is 0 Å². The highest BCUT2D eigenvalue weighted by atomic mass is 35.5. The maximum absolute atomic E-state index is 12.0. The summed E-state index contributed by atoms with van der Waals surface area (Å²) in [5, 5.41) is 7.76. The Bertz CT molecular complexity index is 391. The highest BCUT2D eigenvalue weighted by Gasteiger charge is 2.25. The summed E-state index contributed by atoms with van der Waals surface area (Å²) in [5.74, 6) is -0.0793.